The largest absolute Gasteiger partial charge is 0.348 e. The van der Waals surface area contributed by atoms with E-state index in [1.54, 1.807) is 54.0 Å². The number of hydrogen-bond acceptors (Lipinski definition) is 4. The van der Waals surface area contributed by atoms with E-state index in [-0.39, 0.29) is 5.91 Å². The lowest BCUT2D eigenvalue weighted by Crippen LogP contribution is -2.23. The standard InChI is InChI=1S/C15H13N5O/c21-15(19-9-12-2-1-5-16-8-12)13-3-4-14(18-10-13)20-7-6-17-11-20/h1-8,10-11H,9H2,(H,19,21). The summed E-state index contributed by atoms with van der Waals surface area (Å²) < 4.78 is 1.78. The van der Waals surface area contributed by atoms with Gasteiger partial charge in [-0.15, -0.1) is 0 Å². The number of hydrogen-bond donors (Lipinski definition) is 1. The van der Waals surface area contributed by atoms with Crippen molar-refractivity contribution >= 4 is 5.91 Å². The van der Waals surface area contributed by atoms with Crippen LogP contribution < -0.4 is 5.32 Å². The summed E-state index contributed by atoms with van der Waals surface area (Å²) in [6.07, 6.45) is 10.1. The number of aromatic nitrogens is 4. The first-order valence-corrected chi connectivity index (χ1v) is 6.44. The van der Waals surface area contributed by atoms with Crippen LogP contribution in [0.1, 0.15) is 15.9 Å². The molecular formula is C15H13N5O. The third kappa shape index (κ3) is 3.11. The number of imidazole rings is 1. The van der Waals surface area contributed by atoms with Crippen LogP contribution in [0, 0.1) is 0 Å². The maximum Gasteiger partial charge on any atom is 0.253 e. The molecule has 0 saturated heterocycles. The highest BCUT2D eigenvalue weighted by atomic mass is 16.1. The lowest BCUT2D eigenvalue weighted by atomic mass is 10.2. The van der Waals surface area contributed by atoms with Gasteiger partial charge < -0.3 is 5.32 Å². The van der Waals surface area contributed by atoms with Crippen LogP contribution >= 0.6 is 0 Å². The van der Waals surface area contributed by atoms with Crippen molar-refractivity contribution in [3.05, 3.63) is 72.7 Å². The quantitative estimate of drug-likeness (QED) is 0.787. The number of carbonyl (C=O) groups excluding carboxylic acids is 1. The molecule has 1 N–H and O–H groups in total. The molecule has 0 radical (unpaired) electrons. The van der Waals surface area contributed by atoms with E-state index in [9.17, 15) is 4.79 Å². The fourth-order valence-electron chi connectivity index (χ4n) is 1.85. The predicted octanol–water partition coefficient (Wildman–Crippen LogP) is 1.59. The van der Waals surface area contributed by atoms with Crippen molar-refractivity contribution in [3.63, 3.8) is 0 Å². The normalized spacial score (nSPS) is 10.3. The third-order valence-electron chi connectivity index (χ3n) is 2.95. The van der Waals surface area contributed by atoms with Gasteiger partial charge in [-0.05, 0) is 23.8 Å². The highest BCUT2D eigenvalue weighted by molar-refractivity contribution is 5.93. The Kier molecular flexibility index (Phi) is 3.68. The molecule has 1 amide bonds. The second-order valence-electron chi connectivity index (χ2n) is 4.42. The molecule has 6 nitrogen and oxygen atoms in total. The molecule has 3 heterocycles. The first-order chi connectivity index (χ1) is 10.3. The molecule has 6 heteroatoms. The van der Waals surface area contributed by atoms with Gasteiger partial charge in [0.25, 0.3) is 5.91 Å². The summed E-state index contributed by atoms with van der Waals surface area (Å²) in [4.78, 5) is 24.2. The molecule has 0 saturated carbocycles. The molecule has 0 aliphatic rings. The van der Waals surface area contributed by atoms with Crippen LogP contribution in [-0.4, -0.2) is 25.4 Å². The fraction of sp³-hybridized carbons (Fsp3) is 0.0667. The Morgan fingerprint density at radius 3 is 2.76 bits per heavy atom. The van der Waals surface area contributed by atoms with Crippen molar-refractivity contribution < 1.29 is 4.79 Å². The average molecular weight is 279 g/mol. The number of pyridine rings is 2. The van der Waals surface area contributed by atoms with E-state index in [2.05, 4.69) is 20.3 Å². The number of rotatable bonds is 4. The molecule has 0 atom stereocenters. The Hall–Kier alpha value is -3.02. The van der Waals surface area contributed by atoms with Gasteiger partial charge in [0.05, 0.1) is 5.56 Å². The molecule has 0 aromatic carbocycles. The van der Waals surface area contributed by atoms with Crippen molar-refractivity contribution in [2.24, 2.45) is 0 Å². The first kappa shape index (κ1) is 13.0. The van der Waals surface area contributed by atoms with Crippen LogP contribution in [-0.2, 0) is 6.54 Å². The van der Waals surface area contributed by atoms with Crippen LogP contribution in [0.4, 0.5) is 0 Å². The minimum absolute atomic E-state index is 0.163. The summed E-state index contributed by atoms with van der Waals surface area (Å²) in [5, 5.41) is 2.83. The van der Waals surface area contributed by atoms with Crippen LogP contribution in [0.15, 0.2) is 61.6 Å². The van der Waals surface area contributed by atoms with Crippen LogP contribution in [0.3, 0.4) is 0 Å². The monoisotopic (exact) mass is 279 g/mol. The Morgan fingerprint density at radius 2 is 2.10 bits per heavy atom. The number of amides is 1. The smallest absolute Gasteiger partial charge is 0.253 e. The number of carbonyl (C=O) groups is 1. The molecule has 0 fully saturated rings. The number of nitrogens with one attached hydrogen (secondary N) is 1. The van der Waals surface area contributed by atoms with Crippen molar-refractivity contribution in [1.29, 1.82) is 0 Å². The molecule has 0 bridgehead atoms. The highest BCUT2D eigenvalue weighted by Gasteiger charge is 2.06. The molecule has 0 aliphatic heterocycles. The Labute approximate surface area is 121 Å². The molecular weight excluding hydrogens is 266 g/mol. The SMILES string of the molecule is O=C(NCc1cccnc1)c1ccc(-n2ccnc2)nc1. The molecule has 0 aliphatic carbocycles. The zero-order valence-corrected chi connectivity index (χ0v) is 11.2. The molecule has 0 spiro atoms. The molecule has 3 aromatic heterocycles. The summed E-state index contributed by atoms with van der Waals surface area (Å²) in [5.74, 6) is 0.555. The Bertz CT molecular complexity index is 708. The third-order valence-corrected chi connectivity index (χ3v) is 2.95. The lowest BCUT2D eigenvalue weighted by Gasteiger charge is -2.06. The van der Waals surface area contributed by atoms with Gasteiger partial charge in [-0.25, -0.2) is 9.97 Å². The number of nitrogens with zero attached hydrogens (tertiary/aromatic N) is 4. The highest BCUT2D eigenvalue weighted by Crippen LogP contribution is 2.05. The van der Waals surface area contributed by atoms with Crippen LogP contribution in [0.25, 0.3) is 5.82 Å². The molecule has 104 valence electrons. The van der Waals surface area contributed by atoms with Crippen molar-refractivity contribution in [2.45, 2.75) is 6.54 Å². The van der Waals surface area contributed by atoms with Crippen LogP contribution in [0.5, 0.6) is 0 Å². The lowest BCUT2D eigenvalue weighted by molar-refractivity contribution is 0.0950. The molecule has 21 heavy (non-hydrogen) atoms. The topological polar surface area (TPSA) is 72.7 Å². The van der Waals surface area contributed by atoms with Crippen molar-refractivity contribution in [1.82, 2.24) is 24.8 Å². The Morgan fingerprint density at radius 1 is 1.14 bits per heavy atom. The summed E-state index contributed by atoms with van der Waals surface area (Å²) in [6.45, 7) is 0.440. The van der Waals surface area contributed by atoms with E-state index in [1.807, 2.05) is 12.1 Å². The van der Waals surface area contributed by atoms with Gasteiger partial charge in [-0.1, -0.05) is 6.07 Å². The summed E-state index contributed by atoms with van der Waals surface area (Å²) >= 11 is 0. The summed E-state index contributed by atoms with van der Waals surface area (Å²) in [5.41, 5.74) is 1.47. The second-order valence-corrected chi connectivity index (χ2v) is 4.42. The van der Waals surface area contributed by atoms with Gasteiger partial charge in [0.15, 0.2) is 0 Å². The van der Waals surface area contributed by atoms with Crippen LogP contribution in [0.2, 0.25) is 0 Å². The predicted molar refractivity (Wildman–Crippen MR) is 76.8 cm³/mol. The van der Waals surface area contributed by atoms with E-state index >= 15 is 0 Å². The Balaban J connectivity index is 1.65. The van der Waals surface area contributed by atoms with Gasteiger partial charge in [0.2, 0.25) is 0 Å². The second kappa shape index (κ2) is 5.96. The molecule has 3 aromatic rings. The van der Waals surface area contributed by atoms with E-state index in [1.165, 1.54) is 0 Å². The zero-order valence-electron chi connectivity index (χ0n) is 11.2. The fourth-order valence-corrected chi connectivity index (χ4v) is 1.85. The van der Waals surface area contributed by atoms with E-state index < -0.39 is 0 Å². The van der Waals surface area contributed by atoms with Gasteiger partial charge in [0, 0.05) is 37.5 Å². The van der Waals surface area contributed by atoms with Crippen molar-refractivity contribution in [3.8, 4) is 5.82 Å². The maximum atomic E-state index is 12.0. The van der Waals surface area contributed by atoms with Crippen molar-refractivity contribution in [2.75, 3.05) is 0 Å². The summed E-state index contributed by atoms with van der Waals surface area (Å²) in [7, 11) is 0. The van der Waals surface area contributed by atoms with E-state index in [0.29, 0.717) is 12.1 Å². The van der Waals surface area contributed by atoms with E-state index in [0.717, 1.165) is 11.4 Å². The molecule has 0 unspecified atom stereocenters. The van der Waals surface area contributed by atoms with Gasteiger partial charge in [-0.2, -0.15) is 0 Å². The maximum absolute atomic E-state index is 12.0. The average Bonchev–Trinajstić information content (AvgIpc) is 3.08. The van der Waals surface area contributed by atoms with E-state index in [4.69, 9.17) is 0 Å². The minimum Gasteiger partial charge on any atom is -0.348 e. The van der Waals surface area contributed by atoms with Gasteiger partial charge >= 0.3 is 0 Å². The first-order valence-electron chi connectivity index (χ1n) is 6.44. The zero-order chi connectivity index (χ0) is 14.5. The minimum atomic E-state index is -0.163. The summed E-state index contributed by atoms with van der Waals surface area (Å²) in [6, 6.07) is 7.26. The molecule has 3 rings (SSSR count). The van der Waals surface area contributed by atoms with Gasteiger partial charge in [-0.3, -0.25) is 14.3 Å². The van der Waals surface area contributed by atoms with Gasteiger partial charge in [0.1, 0.15) is 12.1 Å².